The Morgan fingerprint density at radius 1 is 1.16 bits per heavy atom. The van der Waals surface area contributed by atoms with Gasteiger partial charge in [0.2, 0.25) is 0 Å². The van der Waals surface area contributed by atoms with Crippen molar-refractivity contribution in [3.05, 3.63) is 59.2 Å². The maximum Gasteiger partial charge on any atom is 0.258 e. The first kappa shape index (κ1) is 21.4. The number of nitrogens with one attached hydrogen (secondary N) is 1. The lowest BCUT2D eigenvalue weighted by Gasteiger charge is -2.39. The van der Waals surface area contributed by atoms with Crippen LogP contribution in [0.15, 0.2) is 36.4 Å². The number of amides is 2. The second-order valence-corrected chi connectivity index (χ2v) is 8.50. The molecule has 2 aliphatic rings. The molecule has 6 nitrogen and oxygen atoms in total. The Morgan fingerprint density at radius 3 is 2.65 bits per heavy atom. The quantitative estimate of drug-likeness (QED) is 0.805. The fraction of sp³-hybridized carbons (Fsp3) is 0.458. The van der Waals surface area contributed by atoms with Gasteiger partial charge in [-0.15, -0.1) is 0 Å². The van der Waals surface area contributed by atoms with Gasteiger partial charge in [-0.2, -0.15) is 0 Å². The SMILES string of the molecule is CC(NC(=O)c1ccc(F)cc1)c1ccc2c(n1)CCCN2C(=O)[C@@]1(C)CCCCO1. The van der Waals surface area contributed by atoms with E-state index in [1.807, 2.05) is 30.9 Å². The maximum atomic E-state index is 13.3. The van der Waals surface area contributed by atoms with Crippen LogP contribution in [0, 0.1) is 5.82 Å². The third kappa shape index (κ3) is 4.46. The molecule has 4 rings (SSSR count). The van der Waals surface area contributed by atoms with E-state index >= 15 is 0 Å². The molecule has 164 valence electrons. The number of benzene rings is 1. The van der Waals surface area contributed by atoms with E-state index in [2.05, 4.69) is 5.32 Å². The van der Waals surface area contributed by atoms with Gasteiger partial charge in [0, 0.05) is 18.7 Å². The zero-order valence-corrected chi connectivity index (χ0v) is 18.0. The topological polar surface area (TPSA) is 71.5 Å². The van der Waals surface area contributed by atoms with Crippen LogP contribution in [0.2, 0.25) is 0 Å². The Balaban J connectivity index is 1.50. The number of pyridine rings is 1. The molecule has 2 atom stereocenters. The predicted molar refractivity (Wildman–Crippen MR) is 115 cm³/mol. The second-order valence-electron chi connectivity index (χ2n) is 8.50. The van der Waals surface area contributed by atoms with Crippen LogP contribution in [-0.2, 0) is 16.0 Å². The molecule has 0 spiro atoms. The predicted octanol–water partition coefficient (Wildman–Crippen LogP) is 3.95. The zero-order valence-electron chi connectivity index (χ0n) is 18.0. The third-order valence-corrected chi connectivity index (χ3v) is 6.12. The van der Waals surface area contributed by atoms with Gasteiger partial charge in [0.15, 0.2) is 0 Å². The normalized spacial score (nSPS) is 21.8. The van der Waals surface area contributed by atoms with Gasteiger partial charge in [0.05, 0.1) is 23.1 Å². The minimum Gasteiger partial charge on any atom is -0.365 e. The number of hydrogen-bond donors (Lipinski definition) is 1. The molecular formula is C24H28FN3O3. The summed E-state index contributed by atoms with van der Waals surface area (Å²) >= 11 is 0. The molecule has 0 bridgehead atoms. The summed E-state index contributed by atoms with van der Waals surface area (Å²) < 4.78 is 19.0. The molecule has 1 aromatic heterocycles. The molecule has 0 radical (unpaired) electrons. The summed E-state index contributed by atoms with van der Waals surface area (Å²) in [5.41, 5.74) is 2.03. The van der Waals surface area contributed by atoms with Gasteiger partial charge in [0.1, 0.15) is 11.4 Å². The van der Waals surface area contributed by atoms with E-state index in [1.54, 1.807) is 0 Å². The highest BCUT2D eigenvalue weighted by Gasteiger charge is 2.41. The average molecular weight is 426 g/mol. The van der Waals surface area contributed by atoms with Gasteiger partial charge in [-0.1, -0.05) is 0 Å². The molecule has 2 aliphatic heterocycles. The van der Waals surface area contributed by atoms with E-state index in [4.69, 9.17) is 9.72 Å². The molecule has 1 aromatic carbocycles. The lowest BCUT2D eigenvalue weighted by Crippen LogP contribution is -2.52. The first-order valence-corrected chi connectivity index (χ1v) is 10.9. The number of ether oxygens (including phenoxy) is 1. The van der Waals surface area contributed by atoms with E-state index in [9.17, 15) is 14.0 Å². The minimum atomic E-state index is -0.776. The number of hydrogen-bond acceptors (Lipinski definition) is 4. The summed E-state index contributed by atoms with van der Waals surface area (Å²) in [5.74, 6) is -0.668. The summed E-state index contributed by atoms with van der Waals surface area (Å²) in [6, 6.07) is 8.88. The van der Waals surface area contributed by atoms with Gasteiger partial charge < -0.3 is 15.0 Å². The molecule has 0 aliphatic carbocycles. The number of aromatic nitrogens is 1. The maximum absolute atomic E-state index is 13.3. The van der Waals surface area contributed by atoms with Gasteiger partial charge in [-0.05, 0) is 82.3 Å². The summed E-state index contributed by atoms with van der Waals surface area (Å²) in [6.07, 6.45) is 4.33. The Labute approximate surface area is 181 Å². The van der Waals surface area contributed by atoms with Gasteiger partial charge in [-0.25, -0.2) is 4.39 Å². The van der Waals surface area contributed by atoms with E-state index in [0.29, 0.717) is 18.7 Å². The number of aryl methyl sites for hydroxylation is 1. The monoisotopic (exact) mass is 425 g/mol. The molecule has 2 amide bonds. The number of fused-ring (bicyclic) bond motifs is 1. The molecule has 7 heteroatoms. The molecule has 1 saturated heterocycles. The Morgan fingerprint density at radius 2 is 1.94 bits per heavy atom. The van der Waals surface area contributed by atoms with Gasteiger partial charge in [0.25, 0.3) is 11.8 Å². The van der Waals surface area contributed by atoms with Gasteiger partial charge >= 0.3 is 0 Å². The van der Waals surface area contributed by atoms with Crippen LogP contribution < -0.4 is 10.2 Å². The third-order valence-electron chi connectivity index (χ3n) is 6.12. The molecule has 3 heterocycles. The Bertz CT molecular complexity index is 971. The highest BCUT2D eigenvalue weighted by atomic mass is 19.1. The number of carbonyl (C=O) groups excluding carboxylic acids is 2. The van der Waals surface area contributed by atoms with Crippen LogP contribution in [0.1, 0.15) is 67.3 Å². The van der Waals surface area contributed by atoms with Crippen molar-refractivity contribution in [2.24, 2.45) is 0 Å². The lowest BCUT2D eigenvalue weighted by molar-refractivity contribution is -0.147. The van der Waals surface area contributed by atoms with E-state index in [0.717, 1.165) is 49.2 Å². The fourth-order valence-corrected chi connectivity index (χ4v) is 4.26. The van der Waals surface area contributed by atoms with Crippen LogP contribution in [0.4, 0.5) is 10.1 Å². The summed E-state index contributed by atoms with van der Waals surface area (Å²) in [4.78, 5) is 32.3. The van der Waals surface area contributed by atoms with Crippen molar-refractivity contribution in [3.8, 4) is 0 Å². The van der Waals surface area contributed by atoms with Crippen LogP contribution >= 0.6 is 0 Å². The van der Waals surface area contributed by atoms with E-state index < -0.39 is 5.60 Å². The summed E-state index contributed by atoms with van der Waals surface area (Å²) in [7, 11) is 0. The van der Waals surface area contributed by atoms with Crippen LogP contribution in [0.5, 0.6) is 0 Å². The molecule has 2 aromatic rings. The second kappa shape index (κ2) is 8.75. The fourth-order valence-electron chi connectivity index (χ4n) is 4.26. The molecule has 1 unspecified atom stereocenters. The first-order valence-electron chi connectivity index (χ1n) is 10.9. The van der Waals surface area contributed by atoms with Crippen molar-refractivity contribution in [3.63, 3.8) is 0 Å². The number of halogens is 1. The summed E-state index contributed by atoms with van der Waals surface area (Å²) in [5, 5.41) is 2.91. The van der Waals surface area contributed by atoms with Crippen molar-refractivity contribution in [2.75, 3.05) is 18.1 Å². The lowest BCUT2D eigenvalue weighted by atomic mass is 9.93. The Kier molecular flexibility index (Phi) is 6.05. The van der Waals surface area contributed by atoms with Gasteiger partial charge in [-0.3, -0.25) is 14.6 Å². The largest absolute Gasteiger partial charge is 0.365 e. The minimum absolute atomic E-state index is 0.000334. The van der Waals surface area contributed by atoms with Crippen molar-refractivity contribution in [2.45, 2.75) is 57.6 Å². The molecule has 1 fully saturated rings. The molecule has 1 N–H and O–H groups in total. The van der Waals surface area contributed by atoms with Crippen molar-refractivity contribution in [1.82, 2.24) is 10.3 Å². The number of anilines is 1. The average Bonchev–Trinajstić information content (AvgIpc) is 2.78. The summed E-state index contributed by atoms with van der Waals surface area (Å²) in [6.45, 7) is 5.02. The number of carbonyl (C=O) groups is 2. The van der Waals surface area contributed by atoms with Crippen LogP contribution in [-0.4, -0.2) is 35.6 Å². The van der Waals surface area contributed by atoms with Crippen molar-refractivity contribution < 1.29 is 18.7 Å². The van der Waals surface area contributed by atoms with E-state index in [-0.39, 0.29) is 23.7 Å². The first-order chi connectivity index (χ1) is 14.9. The van der Waals surface area contributed by atoms with Crippen LogP contribution in [0.25, 0.3) is 0 Å². The van der Waals surface area contributed by atoms with Crippen LogP contribution in [0.3, 0.4) is 0 Å². The Hall–Kier alpha value is -2.80. The van der Waals surface area contributed by atoms with E-state index in [1.165, 1.54) is 24.3 Å². The molecule has 31 heavy (non-hydrogen) atoms. The van der Waals surface area contributed by atoms with Crippen molar-refractivity contribution >= 4 is 17.5 Å². The van der Waals surface area contributed by atoms with Crippen molar-refractivity contribution in [1.29, 1.82) is 0 Å². The smallest absolute Gasteiger partial charge is 0.258 e. The number of nitrogens with zero attached hydrogens (tertiary/aromatic N) is 2. The highest BCUT2D eigenvalue weighted by Crippen LogP contribution is 2.33. The molecule has 0 saturated carbocycles. The zero-order chi connectivity index (χ0) is 22.0. The highest BCUT2D eigenvalue weighted by molar-refractivity contribution is 6.00. The number of rotatable bonds is 4. The standard InChI is InChI=1S/C24H28FN3O3/c1-16(26-22(29)17-7-9-18(25)10-8-17)19-11-12-21-20(27-19)6-5-14-28(21)23(30)24(2)13-3-4-15-31-24/h7-12,16H,3-6,13-15H2,1-2H3,(H,26,29)/t16?,24-/m1/s1. The molecular weight excluding hydrogens is 397 g/mol.